The van der Waals surface area contributed by atoms with Crippen molar-refractivity contribution in [2.75, 3.05) is 14.2 Å². The van der Waals surface area contributed by atoms with Gasteiger partial charge in [-0.05, 0) is 43.5 Å². The smallest absolute Gasteiger partial charge is 0.493 e. The molecule has 0 aliphatic rings. The number of methoxy groups -OCH3 is 2. The van der Waals surface area contributed by atoms with Crippen LogP contribution in [0, 0.1) is 24.0 Å². The number of nitro benzene ring substituents is 1. The zero-order valence-corrected chi connectivity index (χ0v) is 16.8. The van der Waals surface area contributed by atoms with Gasteiger partial charge in [-0.3, -0.25) is 10.1 Å². The van der Waals surface area contributed by atoms with Gasteiger partial charge < -0.3 is 24.1 Å². The van der Waals surface area contributed by atoms with Crippen LogP contribution in [0.25, 0.3) is 0 Å². The van der Waals surface area contributed by atoms with E-state index in [0.717, 1.165) is 0 Å². The van der Waals surface area contributed by atoms with E-state index >= 15 is 0 Å². The highest BCUT2D eigenvalue weighted by Crippen LogP contribution is 2.38. The van der Waals surface area contributed by atoms with E-state index in [-0.39, 0.29) is 29.4 Å². The molecule has 0 saturated carbocycles. The lowest BCUT2D eigenvalue weighted by Crippen LogP contribution is -2.16. The molecular weight excluding hydrogens is 382 g/mol. The van der Waals surface area contributed by atoms with Gasteiger partial charge in [0.25, 0.3) is 5.69 Å². The van der Waals surface area contributed by atoms with Crippen molar-refractivity contribution in [2.24, 2.45) is 0 Å². The van der Waals surface area contributed by atoms with Crippen LogP contribution in [0.3, 0.4) is 0 Å². The Morgan fingerprint density at radius 3 is 2.14 bits per heavy atom. The molecule has 0 saturated heterocycles. The molecule has 156 valence electrons. The molecule has 2 aromatic rings. The summed E-state index contributed by atoms with van der Waals surface area (Å²) in [7, 11) is 2.76. The van der Waals surface area contributed by atoms with E-state index < -0.39 is 17.2 Å². The van der Waals surface area contributed by atoms with E-state index in [0.29, 0.717) is 22.4 Å². The molecule has 9 nitrogen and oxygen atoms in total. The summed E-state index contributed by atoms with van der Waals surface area (Å²) in [4.78, 5) is 23.1. The van der Waals surface area contributed by atoms with Crippen molar-refractivity contribution >= 4 is 11.8 Å². The second-order valence-corrected chi connectivity index (χ2v) is 6.35. The number of rotatable bonds is 7. The lowest BCUT2D eigenvalue weighted by molar-refractivity contribution is -0.386. The summed E-state index contributed by atoms with van der Waals surface area (Å²) in [6.45, 7) is 4.82. The molecule has 1 unspecified atom stereocenters. The maximum Gasteiger partial charge on any atom is 0.514 e. The van der Waals surface area contributed by atoms with Crippen LogP contribution in [0.1, 0.15) is 35.3 Å². The molecule has 2 rings (SSSR count). The molecule has 0 heterocycles. The molecule has 29 heavy (non-hydrogen) atoms. The third-order valence-electron chi connectivity index (χ3n) is 4.33. The van der Waals surface area contributed by atoms with Gasteiger partial charge >= 0.3 is 6.16 Å². The highest BCUT2D eigenvalue weighted by Gasteiger charge is 2.26. The largest absolute Gasteiger partial charge is 0.514 e. The minimum atomic E-state index is -1.01. The molecule has 0 spiro atoms. The average molecular weight is 405 g/mol. The Hall–Kier alpha value is -3.33. The molecule has 1 atom stereocenters. The van der Waals surface area contributed by atoms with Crippen LogP contribution in [0.5, 0.6) is 17.2 Å². The minimum Gasteiger partial charge on any atom is -0.493 e. The predicted molar refractivity (Wildman–Crippen MR) is 104 cm³/mol. The Labute approximate surface area is 167 Å². The van der Waals surface area contributed by atoms with Crippen molar-refractivity contribution in [3.63, 3.8) is 0 Å². The summed E-state index contributed by atoms with van der Waals surface area (Å²) in [5, 5.41) is 20.7. The molecule has 0 amide bonds. The number of carbonyl (C=O) groups is 1. The van der Waals surface area contributed by atoms with Crippen molar-refractivity contribution in [3.8, 4) is 17.2 Å². The van der Waals surface area contributed by atoms with Gasteiger partial charge in [0.05, 0.1) is 37.4 Å². The summed E-state index contributed by atoms with van der Waals surface area (Å²) in [5.41, 5.74) is 1.85. The number of aryl methyl sites for hydroxylation is 2. The molecule has 0 aliphatic carbocycles. The lowest BCUT2D eigenvalue weighted by Gasteiger charge is -2.17. The minimum absolute atomic E-state index is 0.133. The number of aliphatic hydroxyl groups is 1. The standard InChI is InChI=1S/C20H23NO8/c1-11-6-14(10-22)7-12(2)19(11)29-20(23)28-13(3)15-8-17(26-4)18(27-5)9-16(15)21(24)25/h6-9,13,22H,10H2,1-5H3. The zero-order valence-electron chi connectivity index (χ0n) is 16.8. The van der Waals surface area contributed by atoms with Crippen molar-refractivity contribution in [1.82, 2.24) is 0 Å². The van der Waals surface area contributed by atoms with Crippen molar-refractivity contribution in [3.05, 3.63) is 56.6 Å². The topological polar surface area (TPSA) is 117 Å². The Bertz CT molecular complexity index is 902. The number of nitrogens with zero attached hydrogens (tertiary/aromatic N) is 1. The Morgan fingerprint density at radius 2 is 1.66 bits per heavy atom. The molecule has 0 aromatic heterocycles. The number of ether oxygens (including phenoxy) is 4. The molecule has 0 bridgehead atoms. The van der Waals surface area contributed by atoms with E-state index in [1.807, 2.05) is 0 Å². The number of benzene rings is 2. The maximum absolute atomic E-state index is 12.3. The highest BCUT2D eigenvalue weighted by molar-refractivity contribution is 5.66. The second-order valence-electron chi connectivity index (χ2n) is 6.35. The molecule has 2 aromatic carbocycles. The van der Waals surface area contributed by atoms with Crippen LogP contribution in [0.15, 0.2) is 24.3 Å². The molecule has 0 radical (unpaired) electrons. The van der Waals surface area contributed by atoms with Crippen LogP contribution in [0.2, 0.25) is 0 Å². The van der Waals surface area contributed by atoms with Crippen molar-refractivity contribution in [1.29, 1.82) is 0 Å². The first-order valence-corrected chi connectivity index (χ1v) is 8.71. The van der Waals surface area contributed by atoms with Gasteiger partial charge in [0.2, 0.25) is 0 Å². The maximum atomic E-state index is 12.3. The van der Waals surface area contributed by atoms with Crippen molar-refractivity contribution < 1.29 is 33.8 Å². The molecular formula is C20H23NO8. The van der Waals surface area contributed by atoms with Crippen LogP contribution < -0.4 is 14.2 Å². The normalized spacial score (nSPS) is 11.5. The van der Waals surface area contributed by atoms with Crippen LogP contribution in [-0.4, -0.2) is 30.4 Å². The third kappa shape index (κ3) is 4.94. The van der Waals surface area contributed by atoms with Gasteiger partial charge in [-0.1, -0.05) is 12.1 Å². The van der Waals surface area contributed by atoms with Gasteiger partial charge in [-0.25, -0.2) is 4.79 Å². The summed E-state index contributed by atoms with van der Waals surface area (Å²) >= 11 is 0. The Morgan fingerprint density at radius 1 is 1.10 bits per heavy atom. The predicted octanol–water partition coefficient (Wildman–Crippen LogP) is 4.00. The first-order chi connectivity index (χ1) is 13.7. The fourth-order valence-electron chi connectivity index (χ4n) is 2.98. The van der Waals surface area contributed by atoms with Gasteiger partial charge in [0, 0.05) is 0 Å². The van der Waals surface area contributed by atoms with E-state index in [9.17, 15) is 20.0 Å². The number of hydrogen-bond acceptors (Lipinski definition) is 8. The van der Waals surface area contributed by atoms with E-state index in [2.05, 4.69) is 0 Å². The highest BCUT2D eigenvalue weighted by atomic mass is 16.7. The van der Waals surface area contributed by atoms with E-state index in [1.165, 1.54) is 33.3 Å². The van der Waals surface area contributed by atoms with Gasteiger partial charge in [-0.15, -0.1) is 0 Å². The lowest BCUT2D eigenvalue weighted by atomic mass is 10.1. The molecule has 9 heteroatoms. The van der Waals surface area contributed by atoms with Gasteiger partial charge in [0.15, 0.2) is 11.5 Å². The number of aliphatic hydroxyl groups excluding tert-OH is 1. The van der Waals surface area contributed by atoms with E-state index in [1.54, 1.807) is 26.0 Å². The molecule has 0 aliphatic heterocycles. The Balaban J connectivity index is 2.27. The summed E-state index contributed by atoms with van der Waals surface area (Å²) in [5.74, 6) is 0.761. The summed E-state index contributed by atoms with van der Waals surface area (Å²) in [6.07, 6.45) is -2.00. The number of nitro groups is 1. The molecule has 0 fully saturated rings. The van der Waals surface area contributed by atoms with Crippen LogP contribution in [0.4, 0.5) is 10.5 Å². The summed E-state index contributed by atoms with van der Waals surface area (Å²) < 4.78 is 20.8. The van der Waals surface area contributed by atoms with Gasteiger partial charge in [0.1, 0.15) is 11.9 Å². The van der Waals surface area contributed by atoms with Crippen LogP contribution >= 0.6 is 0 Å². The Kier molecular flexibility index (Phi) is 7.00. The van der Waals surface area contributed by atoms with Crippen molar-refractivity contribution in [2.45, 2.75) is 33.5 Å². The fraction of sp³-hybridized carbons (Fsp3) is 0.350. The third-order valence-corrected chi connectivity index (χ3v) is 4.33. The second kappa shape index (κ2) is 9.24. The first kappa shape index (κ1) is 22.0. The number of hydrogen-bond donors (Lipinski definition) is 1. The monoisotopic (exact) mass is 405 g/mol. The number of carbonyl (C=O) groups excluding carboxylic acids is 1. The summed E-state index contributed by atoms with van der Waals surface area (Å²) in [6, 6.07) is 5.99. The average Bonchev–Trinajstić information content (AvgIpc) is 2.69. The zero-order chi connectivity index (χ0) is 21.7. The molecule has 1 N–H and O–H groups in total. The fourth-order valence-corrected chi connectivity index (χ4v) is 2.98. The van der Waals surface area contributed by atoms with Gasteiger partial charge in [-0.2, -0.15) is 0 Å². The van der Waals surface area contributed by atoms with Crippen LogP contribution in [-0.2, 0) is 11.3 Å². The SMILES string of the molecule is COc1cc(C(C)OC(=O)Oc2c(C)cc(CO)cc2C)c([N+](=O)[O-])cc1OC. The van der Waals surface area contributed by atoms with E-state index in [4.69, 9.17) is 18.9 Å². The quantitative estimate of drug-likeness (QED) is 0.318. The first-order valence-electron chi connectivity index (χ1n) is 8.71.